The molecule has 0 amide bonds. The van der Waals surface area contributed by atoms with Crippen LogP contribution in [0.25, 0.3) is 11.1 Å². The van der Waals surface area contributed by atoms with Gasteiger partial charge in [0.15, 0.2) is 0 Å². The molecule has 0 bridgehead atoms. The molecule has 0 N–H and O–H groups in total. The van der Waals surface area contributed by atoms with Gasteiger partial charge in [-0.3, -0.25) is 4.98 Å². The Balaban J connectivity index is 2.56. The summed E-state index contributed by atoms with van der Waals surface area (Å²) >= 11 is 0. The summed E-state index contributed by atoms with van der Waals surface area (Å²) in [4.78, 5) is 12.3. The second kappa shape index (κ2) is 4.78. The van der Waals surface area contributed by atoms with Crippen LogP contribution in [-0.2, 0) is 0 Å². The van der Waals surface area contributed by atoms with E-state index < -0.39 is 0 Å². The van der Waals surface area contributed by atoms with Crippen molar-refractivity contribution in [1.29, 1.82) is 0 Å². The number of aromatic nitrogens is 3. The fraction of sp³-hybridized carbons (Fsp3) is 0.250. The maximum absolute atomic E-state index is 5.24. The van der Waals surface area contributed by atoms with Crippen LogP contribution in [0.1, 0.15) is 5.56 Å². The van der Waals surface area contributed by atoms with E-state index in [1.807, 2.05) is 13.0 Å². The predicted molar refractivity (Wildman–Crippen MR) is 63.1 cm³/mol. The quantitative estimate of drug-likeness (QED) is 0.807. The van der Waals surface area contributed by atoms with Crippen LogP contribution in [0.2, 0.25) is 0 Å². The highest BCUT2D eigenvalue weighted by Gasteiger charge is 2.12. The Bertz CT molecular complexity index is 529. The van der Waals surface area contributed by atoms with E-state index in [-0.39, 0.29) is 6.01 Å². The molecule has 0 aliphatic rings. The van der Waals surface area contributed by atoms with Crippen LogP contribution < -0.4 is 9.47 Å². The van der Waals surface area contributed by atoms with Crippen LogP contribution in [0.3, 0.4) is 0 Å². The monoisotopic (exact) mass is 231 g/mol. The highest BCUT2D eigenvalue weighted by atomic mass is 16.5. The minimum Gasteiger partial charge on any atom is -0.480 e. The highest BCUT2D eigenvalue weighted by molar-refractivity contribution is 5.70. The zero-order valence-electron chi connectivity index (χ0n) is 9.97. The summed E-state index contributed by atoms with van der Waals surface area (Å²) in [5.74, 6) is 0.480. The number of aryl methyl sites for hydroxylation is 1. The molecular formula is C12H13N3O2. The smallest absolute Gasteiger partial charge is 0.319 e. The van der Waals surface area contributed by atoms with Gasteiger partial charge in [-0.1, -0.05) is 0 Å². The van der Waals surface area contributed by atoms with Crippen LogP contribution in [0.4, 0.5) is 0 Å². The Morgan fingerprint density at radius 2 is 1.88 bits per heavy atom. The summed E-state index contributed by atoms with van der Waals surface area (Å²) in [6.07, 6.45) is 5.19. The molecule has 5 heteroatoms. The molecule has 5 nitrogen and oxygen atoms in total. The zero-order chi connectivity index (χ0) is 12.3. The van der Waals surface area contributed by atoms with Gasteiger partial charge in [0.2, 0.25) is 5.88 Å². The molecule has 2 aromatic rings. The molecule has 0 radical (unpaired) electrons. The predicted octanol–water partition coefficient (Wildman–Crippen LogP) is 1.86. The molecule has 88 valence electrons. The second-order valence-corrected chi connectivity index (χ2v) is 3.47. The lowest BCUT2D eigenvalue weighted by Gasteiger charge is -2.09. The Hall–Kier alpha value is -2.17. The molecule has 0 saturated heterocycles. The average Bonchev–Trinajstić information content (AvgIpc) is 2.38. The highest BCUT2D eigenvalue weighted by Crippen LogP contribution is 2.30. The minimum atomic E-state index is 0.284. The first kappa shape index (κ1) is 11.3. The van der Waals surface area contributed by atoms with Crippen molar-refractivity contribution in [3.8, 4) is 23.0 Å². The van der Waals surface area contributed by atoms with Crippen LogP contribution >= 0.6 is 0 Å². The lowest BCUT2D eigenvalue weighted by Crippen LogP contribution is -1.98. The number of rotatable bonds is 3. The van der Waals surface area contributed by atoms with Gasteiger partial charge in [-0.2, -0.15) is 4.98 Å². The molecule has 2 heterocycles. The summed E-state index contributed by atoms with van der Waals surface area (Å²) in [6, 6.07) is 2.21. The molecule has 0 saturated carbocycles. The average molecular weight is 231 g/mol. The number of methoxy groups -OCH3 is 2. The number of pyridine rings is 1. The van der Waals surface area contributed by atoms with E-state index in [0.717, 1.165) is 16.7 Å². The number of ether oxygens (including phenoxy) is 2. The van der Waals surface area contributed by atoms with E-state index in [4.69, 9.17) is 9.47 Å². The molecule has 2 rings (SSSR count). The summed E-state index contributed by atoms with van der Waals surface area (Å²) < 4.78 is 10.2. The fourth-order valence-corrected chi connectivity index (χ4v) is 1.54. The van der Waals surface area contributed by atoms with Crippen LogP contribution in [0, 0.1) is 6.92 Å². The number of hydrogen-bond donors (Lipinski definition) is 0. The van der Waals surface area contributed by atoms with Crippen molar-refractivity contribution in [2.24, 2.45) is 0 Å². The first-order chi connectivity index (χ1) is 8.26. The van der Waals surface area contributed by atoms with E-state index in [9.17, 15) is 0 Å². The Labute approximate surface area is 99.5 Å². The Kier molecular flexibility index (Phi) is 3.18. The summed E-state index contributed by atoms with van der Waals surface area (Å²) in [6.45, 7) is 2.00. The van der Waals surface area contributed by atoms with Crippen molar-refractivity contribution in [2.45, 2.75) is 6.92 Å². The van der Waals surface area contributed by atoms with Crippen LogP contribution in [-0.4, -0.2) is 29.2 Å². The third-order valence-electron chi connectivity index (χ3n) is 2.44. The van der Waals surface area contributed by atoms with Crippen molar-refractivity contribution < 1.29 is 9.47 Å². The largest absolute Gasteiger partial charge is 0.480 e. The van der Waals surface area contributed by atoms with Gasteiger partial charge in [0.1, 0.15) is 0 Å². The molecule has 0 fully saturated rings. The minimum absolute atomic E-state index is 0.284. The van der Waals surface area contributed by atoms with Gasteiger partial charge in [0.25, 0.3) is 0 Å². The summed E-state index contributed by atoms with van der Waals surface area (Å²) in [5, 5.41) is 0. The molecule has 2 aromatic heterocycles. The maximum Gasteiger partial charge on any atom is 0.319 e. The van der Waals surface area contributed by atoms with Gasteiger partial charge in [-0.15, -0.1) is 0 Å². The lowest BCUT2D eigenvalue weighted by molar-refractivity contribution is 0.353. The van der Waals surface area contributed by atoms with Gasteiger partial charge in [0, 0.05) is 24.2 Å². The molecule has 0 atom stereocenters. The van der Waals surface area contributed by atoms with Crippen molar-refractivity contribution in [1.82, 2.24) is 15.0 Å². The standard InChI is InChI=1S/C12H13N3O2/c1-8-4-5-13-6-9(8)10-7-14-12(17-3)15-11(10)16-2/h4-7H,1-3H3. The molecule has 17 heavy (non-hydrogen) atoms. The van der Waals surface area contributed by atoms with E-state index in [0.29, 0.717) is 5.88 Å². The van der Waals surface area contributed by atoms with Crippen molar-refractivity contribution in [2.75, 3.05) is 14.2 Å². The normalized spacial score (nSPS) is 10.1. The summed E-state index contributed by atoms with van der Waals surface area (Å²) in [7, 11) is 3.08. The third kappa shape index (κ3) is 2.18. The SMILES string of the molecule is COc1ncc(-c2cnccc2C)c(OC)n1. The lowest BCUT2D eigenvalue weighted by atomic mass is 10.1. The second-order valence-electron chi connectivity index (χ2n) is 3.47. The van der Waals surface area contributed by atoms with Crippen molar-refractivity contribution >= 4 is 0 Å². The first-order valence-corrected chi connectivity index (χ1v) is 5.12. The molecule has 0 aliphatic carbocycles. The van der Waals surface area contributed by atoms with E-state index in [1.165, 1.54) is 7.11 Å². The van der Waals surface area contributed by atoms with E-state index in [1.54, 1.807) is 25.7 Å². The number of hydrogen-bond acceptors (Lipinski definition) is 5. The zero-order valence-corrected chi connectivity index (χ0v) is 9.97. The number of nitrogens with zero attached hydrogens (tertiary/aromatic N) is 3. The maximum atomic E-state index is 5.24. The first-order valence-electron chi connectivity index (χ1n) is 5.12. The van der Waals surface area contributed by atoms with Crippen LogP contribution in [0.5, 0.6) is 11.9 Å². The van der Waals surface area contributed by atoms with Gasteiger partial charge in [0.05, 0.1) is 19.8 Å². The molecular weight excluding hydrogens is 218 g/mol. The molecule has 0 spiro atoms. The van der Waals surface area contributed by atoms with Crippen LogP contribution in [0.15, 0.2) is 24.7 Å². The van der Waals surface area contributed by atoms with Crippen molar-refractivity contribution in [3.63, 3.8) is 0 Å². The molecule has 0 aliphatic heterocycles. The molecule has 0 aromatic carbocycles. The topological polar surface area (TPSA) is 57.1 Å². The van der Waals surface area contributed by atoms with Gasteiger partial charge in [-0.25, -0.2) is 4.98 Å². The van der Waals surface area contributed by atoms with Crippen molar-refractivity contribution in [3.05, 3.63) is 30.2 Å². The van der Waals surface area contributed by atoms with E-state index in [2.05, 4.69) is 15.0 Å². The van der Waals surface area contributed by atoms with Gasteiger partial charge < -0.3 is 9.47 Å². The third-order valence-corrected chi connectivity index (χ3v) is 2.44. The van der Waals surface area contributed by atoms with E-state index >= 15 is 0 Å². The summed E-state index contributed by atoms with van der Waals surface area (Å²) in [5.41, 5.74) is 2.85. The Morgan fingerprint density at radius 3 is 2.53 bits per heavy atom. The Morgan fingerprint density at radius 1 is 1.06 bits per heavy atom. The fourth-order valence-electron chi connectivity index (χ4n) is 1.54. The van der Waals surface area contributed by atoms with Gasteiger partial charge >= 0.3 is 6.01 Å². The molecule has 0 unspecified atom stereocenters. The van der Waals surface area contributed by atoms with Gasteiger partial charge in [-0.05, 0) is 18.6 Å².